The third-order valence-corrected chi connectivity index (χ3v) is 4.89. The number of H-pyrrole nitrogens is 1. The Morgan fingerprint density at radius 3 is 2.00 bits per heavy atom. The molecule has 0 aliphatic rings. The number of nitrogens with zero attached hydrogens (tertiary/aromatic N) is 1. The number of anilines is 1. The number of benzene rings is 1. The largest absolute Gasteiger partial charge is 0.493 e. The number of aromatic nitrogens is 2. The number of methoxy groups -OCH3 is 3. The van der Waals surface area contributed by atoms with E-state index in [9.17, 15) is 8.42 Å². The van der Waals surface area contributed by atoms with Crippen molar-refractivity contribution in [1.29, 1.82) is 0 Å². The summed E-state index contributed by atoms with van der Waals surface area (Å²) < 4.78 is 43.3. The molecular weight excluding hydrogens is 322 g/mol. The van der Waals surface area contributed by atoms with Crippen LogP contribution < -0.4 is 18.9 Å². The second-order valence-electron chi connectivity index (χ2n) is 4.78. The van der Waals surface area contributed by atoms with E-state index in [1.807, 2.05) is 0 Å². The van der Waals surface area contributed by atoms with Gasteiger partial charge >= 0.3 is 0 Å². The summed E-state index contributed by atoms with van der Waals surface area (Å²) in [6.45, 7) is 3.26. The van der Waals surface area contributed by atoms with Crippen LogP contribution in [-0.4, -0.2) is 39.9 Å². The topological polar surface area (TPSA) is 103 Å². The van der Waals surface area contributed by atoms with Gasteiger partial charge in [-0.1, -0.05) is 0 Å². The first-order chi connectivity index (χ1) is 10.8. The van der Waals surface area contributed by atoms with Crippen molar-refractivity contribution in [2.24, 2.45) is 0 Å². The van der Waals surface area contributed by atoms with Crippen LogP contribution in [0.1, 0.15) is 11.4 Å². The van der Waals surface area contributed by atoms with E-state index in [0.717, 1.165) is 0 Å². The van der Waals surface area contributed by atoms with Gasteiger partial charge in [0.1, 0.15) is 4.90 Å². The van der Waals surface area contributed by atoms with Crippen molar-refractivity contribution in [3.05, 3.63) is 23.5 Å². The highest BCUT2D eigenvalue weighted by Crippen LogP contribution is 2.40. The maximum atomic E-state index is 12.6. The van der Waals surface area contributed by atoms with Gasteiger partial charge in [-0.3, -0.25) is 9.82 Å². The van der Waals surface area contributed by atoms with Gasteiger partial charge in [-0.25, -0.2) is 8.42 Å². The molecular formula is C14H19N3O5S. The molecule has 23 heavy (non-hydrogen) atoms. The summed E-state index contributed by atoms with van der Waals surface area (Å²) in [7, 11) is 0.595. The Balaban J connectivity index is 2.48. The van der Waals surface area contributed by atoms with Gasteiger partial charge in [0.2, 0.25) is 5.75 Å². The van der Waals surface area contributed by atoms with Crippen LogP contribution in [0, 0.1) is 13.8 Å². The van der Waals surface area contributed by atoms with Gasteiger partial charge in [0.15, 0.2) is 11.5 Å². The average molecular weight is 341 g/mol. The number of aromatic amines is 1. The second kappa shape index (κ2) is 6.37. The van der Waals surface area contributed by atoms with Crippen molar-refractivity contribution in [2.45, 2.75) is 18.7 Å². The molecule has 0 fully saturated rings. The molecule has 1 heterocycles. The van der Waals surface area contributed by atoms with Gasteiger partial charge in [0, 0.05) is 12.1 Å². The third kappa shape index (κ3) is 3.19. The fourth-order valence-electron chi connectivity index (χ4n) is 2.28. The number of sulfonamides is 1. The molecule has 0 atom stereocenters. The predicted molar refractivity (Wildman–Crippen MR) is 85.0 cm³/mol. The zero-order valence-corrected chi connectivity index (χ0v) is 14.4. The van der Waals surface area contributed by atoms with Crippen LogP contribution in [0.2, 0.25) is 0 Å². The van der Waals surface area contributed by atoms with Crippen molar-refractivity contribution in [3.63, 3.8) is 0 Å². The van der Waals surface area contributed by atoms with E-state index in [2.05, 4.69) is 14.9 Å². The summed E-state index contributed by atoms with van der Waals surface area (Å²) in [6.07, 6.45) is 0. The van der Waals surface area contributed by atoms with Gasteiger partial charge in [0.25, 0.3) is 10.0 Å². The lowest BCUT2D eigenvalue weighted by Crippen LogP contribution is -2.15. The molecule has 0 saturated carbocycles. The number of aryl methyl sites for hydroxylation is 2. The van der Waals surface area contributed by atoms with Gasteiger partial charge in [-0.15, -0.1) is 0 Å². The molecule has 0 aliphatic carbocycles. The lowest BCUT2D eigenvalue weighted by Gasteiger charge is -2.15. The number of ether oxygens (including phenoxy) is 3. The van der Waals surface area contributed by atoms with Crippen molar-refractivity contribution in [1.82, 2.24) is 10.2 Å². The smallest absolute Gasteiger partial charge is 0.265 e. The first-order valence-corrected chi connectivity index (χ1v) is 8.16. The Labute approximate surface area is 134 Å². The van der Waals surface area contributed by atoms with E-state index in [4.69, 9.17) is 14.2 Å². The van der Waals surface area contributed by atoms with Gasteiger partial charge in [-0.2, -0.15) is 5.10 Å². The molecule has 0 radical (unpaired) electrons. The summed E-state index contributed by atoms with van der Waals surface area (Å²) >= 11 is 0. The molecule has 1 aromatic carbocycles. The highest BCUT2D eigenvalue weighted by molar-refractivity contribution is 7.92. The Morgan fingerprint density at radius 1 is 1.04 bits per heavy atom. The van der Waals surface area contributed by atoms with Crippen LogP contribution in [0.4, 0.5) is 5.69 Å². The maximum absolute atomic E-state index is 12.6. The summed E-state index contributed by atoms with van der Waals surface area (Å²) in [5.74, 6) is 1.09. The lowest BCUT2D eigenvalue weighted by molar-refractivity contribution is 0.325. The molecule has 0 aliphatic heterocycles. The average Bonchev–Trinajstić information content (AvgIpc) is 2.85. The number of nitrogens with one attached hydrogen (secondary N) is 2. The number of hydrogen-bond acceptors (Lipinski definition) is 6. The first kappa shape index (κ1) is 16.9. The SMILES string of the molecule is COc1cc(NS(=O)(=O)c2c(C)n[nH]c2C)cc(OC)c1OC. The van der Waals surface area contributed by atoms with Crippen molar-refractivity contribution in [2.75, 3.05) is 26.1 Å². The molecule has 2 N–H and O–H groups in total. The maximum Gasteiger partial charge on any atom is 0.265 e. The minimum atomic E-state index is -3.80. The molecule has 8 nitrogen and oxygen atoms in total. The van der Waals surface area contributed by atoms with Crippen LogP contribution >= 0.6 is 0 Å². The van der Waals surface area contributed by atoms with Crippen LogP contribution in [-0.2, 0) is 10.0 Å². The van der Waals surface area contributed by atoms with E-state index in [1.165, 1.54) is 33.5 Å². The summed E-state index contributed by atoms with van der Waals surface area (Å²) in [6, 6.07) is 3.04. The second-order valence-corrected chi connectivity index (χ2v) is 6.40. The zero-order valence-electron chi connectivity index (χ0n) is 13.6. The third-order valence-electron chi connectivity index (χ3n) is 3.25. The van der Waals surface area contributed by atoms with Crippen LogP contribution in [0.25, 0.3) is 0 Å². The fraction of sp³-hybridized carbons (Fsp3) is 0.357. The normalized spacial score (nSPS) is 11.2. The van der Waals surface area contributed by atoms with E-state index in [-0.39, 0.29) is 4.90 Å². The quantitative estimate of drug-likeness (QED) is 0.831. The zero-order chi connectivity index (χ0) is 17.2. The minimum Gasteiger partial charge on any atom is -0.493 e. The Hall–Kier alpha value is -2.42. The van der Waals surface area contributed by atoms with Gasteiger partial charge < -0.3 is 14.2 Å². The molecule has 9 heteroatoms. The Kier molecular flexibility index (Phi) is 4.69. The fourth-order valence-corrected chi connectivity index (χ4v) is 3.70. The van der Waals surface area contributed by atoms with Crippen molar-refractivity contribution < 1.29 is 22.6 Å². The van der Waals surface area contributed by atoms with E-state index < -0.39 is 10.0 Å². The standard InChI is InChI=1S/C14H19N3O5S/c1-8-14(9(2)16-15-8)23(18,19)17-10-6-11(20-3)13(22-5)12(7-10)21-4/h6-7,17H,1-5H3,(H,15,16). The molecule has 0 bridgehead atoms. The summed E-state index contributed by atoms with van der Waals surface area (Å²) in [5.41, 5.74) is 1.14. The van der Waals surface area contributed by atoms with Gasteiger partial charge in [-0.05, 0) is 13.8 Å². The summed E-state index contributed by atoms with van der Waals surface area (Å²) in [4.78, 5) is 0.117. The molecule has 2 aromatic rings. The van der Waals surface area contributed by atoms with Gasteiger partial charge in [0.05, 0.1) is 38.4 Å². The minimum absolute atomic E-state index is 0.117. The van der Waals surface area contributed by atoms with Crippen molar-refractivity contribution in [3.8, 4) is 17.2 Å². The molecule has 1 aromatic heterocycles. The molecule has 0 unspecified atom stereocenters. The molecule has 0 amide bonds. The molecule has 126 valence electrons. The van der Waals surface area contributed by atoms with Crippen LogP contribution in [0.15, 0.2) is 17.0 Å². The number of rotatable bonds is 6. The molecule has 0 spiro atoms. The molecule has 0 saturated heterocycles. The van der Waals surface area contributed by atoms with E-state index in [1.54, 1.807) is 13.8 Å². The predicted octanol–water partition coefficient (Wildman–Crippen LogP) is 1.85. The van der Waals surface area contributed by atoms with Crippen LogP contribution in [0.5, 0.6) is 17.2 Å². The van der Waals surface area contributed by atoms with Crippen molar-refractivity contribution >= 4 is 15.7 Å². The molecule has 2 rings (SSSR count). The van der Waals surface area contributed by atoms with E-state index in [0.29, 0.717) is 34.3 Å². The Bertz CT molecular complexity index is 769. The van der Waals surface area contributed by atoms with Crippen LogP contribution in [0.3, 0.4) is 0 Å². The first-order valence-electron chi connectivity index (χ1n) is 6.68. The van der Waals surface area contributed by atoms with E-state index >= 15 is 0 Å². The highest BCUT2D eigenvalue weighted by atomic mass is 32.2. The lowest BCUT2D eigenvalue weighted by atomic mass is 10.2. The highest BCUT2D eigenvalue weighted by Gasteiger charge is 2.23. The summed E-state index contributed by atoms with van der Waals surface area (Å²) in [5, 5.41) is 6.56. The Morgan fingerprint density at radius 2 is 1.61 bits per heavy atom. The monoisotopic (exact) mass is 341 g/mol. The number of hydrogen-bond donors (Lipinski definition) is 2.